The number of halogens is 1. The van der Waals surface area contributed by atoms with Gasteiger partial charge in [0.2, 0.25) is 5.92 Å². The summed E-state index contributed by atoms with van der Waals surface area (Å²) >= 11 is 0. The predicted molar refractivity (Wildman–Crippen MR) is 80.6 cm³/mol. The van der Waals surface area contributed by atoms with Gasteiger partial charge in [0.05, 0.1) is 0 Å². The van der Waals surface area contributed by atoms with Crippen molar-refractivity contribution in [3.63, 3.8) is 0 Å². The molecule has 0 radical (unpaired) electrons. The largest absolute Gasteiger partial charge is 0.482 e. The number of carbonyl (C=O) groups excluding carboxylic acids is 3. The number of carbonyl (C=O) groups is 3. The molecule has 2 aliphatic rings. The zero-order valence-electron chi connectivity index (χ0n) is 12.6. The lowest BCUT2D eigenvalue weighted by molar-refractivity contribution is -0.238. The van der Waals surface area contributed by atoms with Gasteiger partial charge in [-0.3, -0.25) is 14.4 Å². The van der Waals surface area contributed by atoms with Crippen LogP contribution in [-0.4, -0.2) is 29.6 Å². The monoisotopic (exact) mass is 338 g/mol. The highest BCUT2D eigenvalue weighted by Crippen LogP contribution is 2.31. The summed E-state index contributed by atoms with van der Waals surface area (Å²) in [6, 6.07) is 3.98. The molecule has 3 rings (SSSR count). The molecule has 130 valence electrons. The molecule has 0 N–H and O–H groups in total. The van der Waals surface area contributed by atoms with Crippen molar-refractivity contribution in [2.45, 2.75) is 46.0 Å². The van der Waals surface area contributed by atoms with E-state index in [0.29, 0.717) is 17.7 Å². The van der Waals surface area contributed by atoms with Crippen LogP contribution in [0.2, 0.25) is 0 Å². The van der Waals surface area contributed by atoms with Gasteiger partial charge in [-0.05, 0) is 36.6 Å². The molecule has 1 saturated heterocycles. The minimum Gasteiger partial charge on any atom is -0.482 e. The number of rotatable bonds is 2. The normalized spacial score (nSPS) is 22.4. The lowest BCUT2D eigenvalue weighted by Gasteiger charge is -2.34. The lowest BCUT2D eigenvalue weighted by Crippen LogP contribution is -2.52. The van der Waals surface area contributed by atoms with E-state index in [0.717, 1.165) is 0 Å². The Hall–Kier alpha value is -2.44. The molecule has 1 aromatic carbocycles. The fourth-order valence-corrected chi connectivity index (χ4v) is 2.70. The quantitative estimate of drug-likeness (QED) is 0.607. The second-order valence-electron chi connectivity index (χ2n) is 5.97. The van der Waals surface area contributed by atoms with Gasteiger partial charge in [0.25, 0.3) is 5.79 Å². The first-order valence-electron chi connectivity index (χ1n) is 7.21. The molecule has 0 amide bonds. The van der Waals surface area contributed by atoms with Crippen molar-refractivity contribution in [2.75, 3.05) is 0 Å². The molecule has 0 spiro atoms. The zero-order valence-corrected chi connectivity index (χ0v) is 12.6. The number of hydrogen-bond acceptors (Lipinski definition) is 6. The third kappa shape index (κ3) is 3.25. The van der Waals surface area contributed by atoms with E-state index in [-0.39, 0.29) is 13.8 Å². The molecular formula is C17H19FO6. The Morgan fingerprint density at radius 2 is 1.83 bits per heavy atom. The third-order valence-electron chi connectivity index (χ3n) is 3.73. The molecule has 7 heteroatoms. The summed E-state index contributed by atoms with van der Waals surface area (Å²) in [5.74, 6) is -5.63. The molecule has 0 saturated carbocycles. The van der Waals surface area contributed by atoms with Crippen molar-refractivity contribution in [3.05, 3.63) is 29.6 Å². The van der Waals surface area contributed by atoms with Crippen molar-refractivity contribution < 1.29 is 33.0 Å². The Morgan fingerprint density at radius 1 is 1.21 bits per heavy atom. The Bertz CT molecular complexity index is 676. The molecule has 1 aromatic rings. The number of esters is 2. The summed E-state index contributed by atoms with van der Waals surface area (Å²) in [4.78, 5) is 36.4. The van der Waals surface area contributed by atoms with Gasteiger partial charge in [-0.25, -0.2) is 4.39 Å². The van der Waals surface area contributed by atoms with E-state index in [1.807, 2.05) is 0 Å². The smallest absolute Gasteiger partial charge is 0.331 e. The first-order chi connectivity index (χ1) is 10.8. The second-order valence-corrected chi connectivity index (χ2v) is 5.97. The van der Waals surface area contributed by atoms with E-state index in [4.69, 9.17) is 14.2 Å². The minimum absolute atomic E-state index is 0. The summed E-state index contributed by atoms with van der Waals surface area (Å²) in [6.07, 6.45) is -0.319. The molecular weight excluding hydrogens is 319 g/mol. The molecule has 0 aliphatic carbocycles. The molecule has 1 fully saturated rings. The van der Waals surface area contributed by atoms with Gasteiger partial charge < -0.3 is 14.2 Å². The summed E-state index contributed by atoms with van der Waals surface area (Å²) in [6.45, 7) is 2.82. The molecule has 0 bridgehead atoms. The van der Waals surface area contributed by atoms with E-state index in [2.05, 4.69) is 0 Å². The first-order valence-corrected chi connectivity index (χ1v) is 7.21. The van der Waals surface area contributed by atoms with E-state index in [1.54, 1.807) is 0 Å². The number of ether oxygens (including phenoxy) is 3. The highest BCUT2D eigenvalue weighted by atomic mass is 19.1. The fraction of sp³-hybridized carbons (Fsp3) is 0.471. The van der Waals surface area contributed by atoms with E-state index in [9.17, 15) is 18.8 Å². The van der Waals surface area contributed by atoms with Gasteiger partial charge in [0.15, 0.2) is 11.9 Å². The van der Waals surface area contributed by atoms with Crippen molar-refractivity contribution in [1.82, 2.24) is 0 Å². The van der Waals surface area contributed by atoms with Gasteiger partial charge in [0, 0.05) is 13.8 Å². The van der Waals surface area contributed by atoms with Crippen LogP contribution in [0.25, 0.3) is 0 Å². The Labute approximate surface area is 138 Å². The van der Waals surface area contributed by atoms with Crippen LogP contribution >= 0.6 is 0 Å². The highest BCUT2D eigenvalue weighted by molar-refractivity contribution is 6.17. The average Bonchev–Trinajstić information content (AvgIpc) is 2.44. The summed E-state index contributed by atoms with van der Waals surface area (Å²) in [5.41, 5.74) is 0.643. The van der Waals surface area contributed by atoms with Crippen LogP contribution in [-0.2, 0) is 30.3 Å². The number of benzene rings is 1. The van der Waals surface area contributed by atoms with Gasteiger partial charge in [-0.2, -0.15) is 0 Å². The van der Waals surface area contributed by atoms with E-state index >= 15 is 0 Å². The minimum atomic E-state index is -1.64. The molecule has 2 aliphatic heterocycles. The molecule has 1 unspecified atom stereocenters. The number of ketones is 1. The van der Waals surface area contributed by atoms with Gasteiger partial charge in [0.1, 0.15) is 11.6 Å². The van der Waals surface area contributed by atoms with Gasteiger partial charge in [-0.1, -0.05) is 7.43 Å². The number of fused-ring (bicyclic) bond motifs is 1. The third-order valence-corrected chi connectivity index (χ3v) is 3.73. The molecule has 0 aromatic heterocycles. The molecule has 2 heterocycles. The fourth-order valence-electron chi connectivity index (χ4n) is 2.70. The van der Waals surface area contributed by atoms with Crippen molar-refractivity contribution in [2.24, 2.45) is 5.92 Å². The number of cyclic esters (lactones) is 2. The van der Waals surface area contributed by atoms with Crippen LogP contribution in [0.15, 0.2) is 18.2 Å². The SMILES string of the molecule is C.CC1(C)OC(=O)C(C(=O)C2CCc3cc(F)ccc3O2)C(=O)O1. The van der Waals surface area contributed by atoms with Gasteiger partial charge >= 0.3 is 11.9 Å². The summed E-state index contributed by atoms with van der Waals surface area (Å²) in [5, 5.41) is 0. The lowest BCUT2D eigenvalue weighted by atomic mass is 9.92. The zero-order chi connectivity index (χ0) is 16.8. The summed E-state index contributed by atoms with van der Waals surface area (Å²) in [7, 11) is 0. The van der Waals surface area contributed by atoms with Crippen molar-refractivity contribution >= 4 is 17.7 Å². The standard InChI is InChI=1S/C16H15FO6.CH4/c1-16(2)22-14(19)12(15(20)23-16)13(18)11-5-3-8-7-9(17)4-6-10(8)21-11;/h4,6-7,11-12H,3,5H2,1-2H3;1H4. The van der Waals surface area contributed by atoms with Gasteiger partial charge in [-0.15, -0.1) is 0 Å². The maximum atomic E-state index is 13.2. The highest BCUT2D eigenvalue weighted by Gasteiger charge is 2.49. The van der Waals surface area contributed by atoms with Crippen molar-refractivity contribution in [1.29, 1.82) is 0 Å². The molecule has 1 atom stereocenters. The average molecular weight is 338 g/mol. The van der Waals surface area contributed by atoms with E-state index in [1.165, 1.54) is 32.0 Å². The number of Topliss-reactive ketones (excluding diaryl/α,β-unsaturated/α-hetero) is 1. The van der Waals surface area contributed by atoms with Crippen LogP contribution in [0.3, 0.4) is 0 Å². The predicted octanol–water partition coefficient (Wildman–Crippen LogP) is 2.18. The number of hydrogen-bond donors (Lipinski definition) is 0. The van der Waals surface area contributed by atoms with E-state index < -0.39 is 41.3 Å². The number of aryl methyl sites for hydroxylation is 1. The van der Waals surface area contributed by atoms with Crippen LogP contribution in [0.1, 0.15) is 33.3 Å². The first kappa shape index (κ1) is 17.9. The summed E-state index contributed by atoms with van der Waals surface area (Å²) < 4.78 is 28.6. The Balaban J connectivity index is 0.00000208. The van der Waals surface area contributed by atoms with Crippen LogP contribution in [0.5, 0.6) is 5.75 Å². The Morgan fingerprint density at radius 3 is 2.46 bits per heavy atom. The maximum Gasteiger partial charge on any atom is 0.331 e. The Kier molecular flexibility index (Phi) is 4.64. The molecule has 6 nitrogen and oxygen atoms in total. The van der Waals surface area contributed by atoms with Crippen LogP contribution in [0.4, 0.5) is 4.39 Å². The van der Waals surface area contributed by atoms with Crippen LogP contribution < -0.4 is 4.74 Å². The van der Waals surface area contributed by atoms with Crippen LogP contribution in [0, 0.1) is 11.7 Å². The maximum absolute atomic E-state index is 13.2. The molecule has 24 heavy (non-hydrogen) atoms. The second kappa shape index (κ2) is 6.22. The topological polar surface area (TPSA) is 78.9 Å². The van der Waals surface area contributed by atoms with Crippen molar-refractivity contribution in [3.8, 4) is 5.75 Å².